The Morgan fingerprint density at radius 1 is 1.09 bits per heavy atom. The molecule has 0 N–H and O–H groups in total. The number of para-hydroxylation sites is 1. The molecule has 0 amide bonds. The maximum absolute atomic E-state index is 9.44. The van der Waals surface area contributed by atoms with Crippen molar-refractivity contribution in [3.8, 4) is 17.6 Å². The van der Waals surface area contributed by atoms with E-state index in [0.717, 1.165) is 29.9 Å². The van der Waals surface area contributed by atoms with Gasteiger partial charge in [0.2, 0.25) is 0 Å². The quantitative estimate of drug-likeness (QED) is 0.691. The third-order valence-corrected chi connectivity index (χ3v) is 3.77. The monoisotopic (exact) mass is 309 g/mol. The van der Waals surface area contributed by atoms with Crippen molar-refractivity contribution in [1.82, 2.24) is 0 Å². The normalized spacial score (nSPS) is 11.6. The highest BCUT2D eigenvalue weighted by Crippen LogP contribution is 2.29. The molecule has 2 aromatic rings. The number of hydrogen-bond acceptors (Lipinski definition) is 3. The minimum atomic E-state index is -0.172. The average molecular weight is 309 g/mol. The minimum absolute atomic E-state index is 0.172. The summed E-state index contributed by atoms with van der Waals surface area (Å²) in [6.45, 7) is 4.73. The highest BCUT2D eigenvalue weighted by Gasteiger charge is 2.14. The molecule has 0 bridgehead atoms. The number of nitriles is 1. The van der Waals surface area contributed by atoms with Crippen LogP contribution in [-0.2, 0) is 0 Å². The van der Waals surface area contributed by atoms with Crippen LogP contribution in [-0.4, -0.2) is 13.7 Å². The lowest BCUT2D eigenvalue weighted by molar-refractivity contribution is 0.304. The van der Waals surface area contributed by atoms with Crippen LogP contribution in [0.3, 0.4) is 0 Å². The van der Waals surface area contributed by atoms with E-state index in [1.54, 1.807) is 7.11 Å². The number of benzene rings is 2. The molecule has 3 heteroatoms. The van der Waals surface area contributed by atoms with Gasteiger partial charge in [-0.1, -0.05) is 24.3 Å². The Hall–Kier alpha value is -2.47. The summed E-state index contributed by atoms with van der Waals surface area (Å²) >= 11 is 0. The fourth-order valence-electron chi connectivity index (χ4n) is 2.74. The van der Waals surface area contributed by atoms with Crippen LogP contribution in [0.5, 0.6) is 11.5 Å². The highest BCUT2D eigenvalue weighted by molar-refractivity contribution is 5.39. The van der Waals surface area contributed by atoms with Crippen LogP contribution < -0.4 is 9.47 Å². The van der Waals surface area contributed by atoms with E-state index in [4.69, 9.17) is 9.47 Å². The second kappa shape index (κ2) is 8.24. The Bertz CT molecular complexity index is 668. The maximum Gasteiger partial charge on any atom is 0.123 e. The van der Waals surface area contributed by atoms with Crippen molar-refractivity contribution in [3.05, 3.63) is 59.2 Å². The van der Waals surface area contributed by atoms with Gasteiger partial charge < -0.3 is 9.47 Å². The lowest BCUT2D eigenvalue weighted by Crippen LogP contribution is -2.03. The van der Waals surface area contributed by atoms with Crippen LogP contribution in [0.2, 0.25) is 0 Å². The van der Waals surface area contributed by atoms with E-state index < -0.39 is 0 Å². The SMILES string of the molecule is COc1ccccc1C(C#N)CCCOc1cc(C)cc(C)c1. The third kappa shape index (κ3) is 4.75. The Labute approximate surface area is 138 Å². The molecule has 0 aliphatic heterocycles. The van der Waals surface area contributed by atoms with Crippen LogP contribution in [0.1, 0.15) is 35.4 Å². The molecule has 0 spiro atoms. The molecule has 0 radical (unpaired) electrons. The summed E-state index contributed by atoms with van der Waals surface area (Å²) in [4.78, 5) is 0. The fraction of sp³-hybridized carbons (Fsp3) is 0.350. The molecular formula is C20H23NO2. The summed E-state index contributed by atoms with van der Waals surface area (Å²) in [6, 6.07) is 16.3. The van der Waals surface area contributed by atoms with Crippen molar-refractivity contribution >= 4 is 0 Å². The van der Waals surface area contributed by atoms with E-state index in [1.165, 1.54) is 11.1 Å². The molecule has 0 heterocycles. The summed E-state index contributed by atoms with van der Waals surface area (Å²) in [7, 11) is 1.64. The Kier molecular flexibility index (Phi) is 6.05. The number of methoxy groups -OCH3 is 1. The van der Waals surface area contributed by atoms with Gasteiger partial charge in [0.15, 0.2) is 0 Å². The molecule has 0 aliphatic rings. The van der Waals surface area contributed by atoms with Gasteiger partial charge in [0, 0.05) is 5.56 Å². The number of hydrogen-bond donors (Lipinski definition) is 0. The number of rotatable bonds is 7. The number of nitrogens with zero attached hydrogens (tertiary/aromatic N) is 1. The molecule has 1 atom stereocenters. The minimum Gasteiger partial charge on any atom is -0.496 e. The van der Waals surface area contributed by atoms with Gasteiger partial charge in [-0.2, -0.15) is 5.26 Å². The fourth-order valence-corrected chi connectivity index (χ4v) is 2.74. The number of aryl methyl sites for hydroxylation is 2. The summed E-state index contributed by atoms with van der Waals surface area (Å²) in [5.74, 6) is 1.50. The number of ether oxygens (including phenoxy) is 2. The van der Waals surface area contributed by atoms with Gasteiger partial charge in [-0.05, 0) is 56.0 Å². The summed E-state index contributed by atoms with van der Waals surface area (Å²) < 4.78 is 11.2. The molecule has 23 heavy (non-hydrogen) atoms. The average Bonchev–Trinajstić information content (AvgIpc) is 2.54. The van der Waals surface area contributed by atoms with Gasteiger partial charge in [0.1, 0.15) is 11.5 Å². The lowest BCUT2D eigenvalue weighted by atomic mass is 9.95. The molecule has 0 saturated carbocycles. The van der Waals surface area contributed by atoms with Crippen molar-refractivity contribution < 1.29 is 9.47 Å². The van der Waals surface area contributed by atoms with Crippen molar-refractivity contribution in [3.63, 3.8) is 0 Å². The van der Waals surface area contributed by atoms with Crippen molar-refractivity contribution in [2.45, 2.75) is 32.6 Å². The van der Waals surface area contributed by atoms with Gasteiger partial charge in [-0.15, -0.1) is 0 Å². The topological polar surface area (TPSA) is 42.2 Å². The van der Waals surface area contributed by atoms with E-state index in [-0.39, 0.29) is 5.92 Å². The molecule has 0 saturated heterocycles. The van der Waals surface area contributed by atoms with Crippen LogP contribution in [0.25, 0.3) is 0 Å². The van der Waals surface area contributed by atoms with Gasteiger partial charge in [0.05, 0.1) is 25.7 Å². The molecule has 2 rings (SSSR count). The molecule has 1 unspecified atom stereocenters. The van der Waals surface area contributed by atoms with E-state index in [9.17, 15) is 5.26 Å². The van der Waals surface area contributed by atoms with Gasteiger partial charge in [0.25, 0.3) is 0 Å². The highest BCUT2D eigenvalue weighted by atomic mass is 16.5. The summed E-state index contributed by atoms with van der Waals surface area (Å²) in [5, 5.41) is 9.44. The summed E-state index contributed by atoms with van der Waals surface area (Å²) in [5.41, 5.74) is 3.34. The first-order valence-corrected chi connectivity index (χ1v) is 7.87. The molecule has 0 aliphatic carbocycles. The second-order valence-corrected chi connectivity index (χ2v) is 5.74. The lowest BCUT2D eigenvalue weighted by Gasteiger charge is -2.14. The zero-order chi connectivity index (χ0) is 16.7. The van der Waals surface area contributed by atoms with Crippen LogP contribution in [0, 0.1) is 25.2 Å². The first kappa shape index (κ1) is 16.9. The first-order valence-electron chi connectivity index (χ1n) is 7.87. The van der Waals surface area contributed by atoms with Gasteiger partial charge >= 0.3 is 0 Å². The van der Waals surface area contributed by atoms with Gasteiger partial charge in [-0.25, -0.2) is 0 Å². The third-order valence-electron chi connectivity index (χ3n) is 3.77. The van der Waals surface area contributed by atoms with Crippen molar-refractivity contribution in [2.75, 3.05) is 13.7 Å². The van der Waals surface area contributed by atoms with Crippen LogP contribution in [0.15, 0.2) is 42.5 Å². The van der Waals surface area contributed by atoms with E-state index in [1.807, 2.05) is 36.4 Å². The largest absolute Gasteiger partial charge is 0.496 e. The van der Waals surface area contributed by atoms with E-state index >= 15 is 0 Å². The zero-order valence-corrected chi connectivity index (χ0v) is 14.0. The molecule has 0 fully saturated rings. The standard InChI is InChI=1S/C20H23NO2/c1-15-11-16(2)13-18(12-15)23-10-6-7-17(14-21)19-8-4-5-9-20(19)22-3/h4-5,8-9,11-13,17H,6-7,10H2,1-3H3. The van der Waals surface area contributed by atoms with Crippen molar-refractivity contribution in [1.29, 1.82) is 5.26 Å². The smallest absolute Gasteiger partial charge is 0.123 e. The van der Waals surface area contributed by atoms with Crippen LogP contribution >= 0.6 is 0 Å². The molecule has 2 aromatic carbocycles. The predicted octanol–water partition coefficient (Wildman–Crippen LogP) is 4.78. The second-order valence-electron chi connectivity index (χ2n) is 5.74. The molecular weight excluding hydrogens is 286 g/mol. The predicted molar refractivity (Wildman–Crippen MR) is 92.0 cm³/mol. The molecule has 0 aromatic heterocycles. The Morgan fingerprint density at radius 3 is 2.43 bits per heavy atom. The van der Waals surface area contributed by atoms with Gasteiger partial charge in [-0.3, -0.25) is 0 Å². The molecule has 120 valence electrons. The molecule has 3 nitrogen and oxygen atoms in total. The van der Waals surface area contributed by atoms with E-state index in [0.29, 0.717) is 6.61 Å². The Balaban J connectivity index is 1.90. The van der Waals surface area contributed by atoms with Crippen molar-refractivity contribution in [2.24, 2.45) is 0 Å². The zero-order valence-electron chi connectivity index (χ0n) is 14.0. The van der Waals surface area contributed by atoms with E-state index in [2.05, 4.69) is 26.0 Å². The Morgan fingerprint density at radius 2 is 1.78 bits per heavy atom. The summed E-state index contributed by atoms with van der Waals surface area (Å²) in [6.07, 6.45) is 1.57. The first-order chi connectivity index (χ1) is 11.1. The maximum atomic E-state index is 9.44. The van der Waals surface area contributed by atoms with Crippen LogP contribution in [0.4, 0.5) is 0 Å².